The molecular weight excluding hydrogens is 305 g/mol. The van der Waals surface area contributed by atoms with Crippen LogP contribution in [0.2, 0.25) is 0 Å². The third kappa shape index (κ3) is 4.00. The summed E-state index contributed by atoms with van der Waals surface area (Å²) in [5, 5.41) is 9.18. The maximum atomic E-state index is 12.9. The fourth-order valence-corrected chi connectivity index (χ4v) is 1.93. The SMILES string of the molecule is O=C(O)c1ccc(OCC(F)C(F)F)nc1N1CCOCC1. The summed E-state index contributed by atoms with van der Waals surface area (Å²) >= 11 is 0. The number of carboxylic acids is 1. The number of morpholine rings is 1. The van der Waals surface area contributed by atoms with Gasteiger partial charge in [0.1, 0.15) is 18.0 Å². The van der Waals surface area contributed by atoms with Crippen LogP contribution in [0.5, 0.6) is 5.88 Å². The van der Waals surface area contributed by atoms with Gasteiger partial charge < -0.3 is 19.5 Å². The number of rotatable bonds is 6. The molecule has 9 heteroatoms. The summed E-state index contributed by atoms with van der Waals surface area (Å²) in [6, 6.07) is 2.47. The third-order valence-corrected chi connectivity index (χ3v) is 3.05. The minimum Gasteiger partial charge on any atom is -0.478 e. The monoisotopic (exact) mass is 320 g/mol. The number of carboxylic acid groups (broad SMARTS) is 1. The van der Waals surface area contributed by atoms with Crippen molar-refractivity contribution in [3.05, 3.63) is 17.7 Å². The van der Waals surface area contributed by atoms with Crippen molar-refractivity contribution in [1.82, 2.24) is 4.98 Å². The number of hydrogen-bond acceptors (Lipinski definition) is 5. The number of carbonyl (C=O) groups is 1. The standard InChI is InChI=1S/C13H15F3N2O4/c14-9(11(15)16)7-22-10-2-1-8(13(19)20)12(17-10)18-3-5-21-6-4-18/h1-2,9,11H,3-7H2,(H,19,20). The smallest absolute Gasteiger partial charge is 0.339 e. The van der Waals surface area contributed by atoms with Gasteiger partial charge in [-0.3, -0.25) is 0 Å². The predicted octanol–water partition coefficient (Wildman–Crippen LogP) is 1.60. The summed E-state index contributed by atoms with van der Waals surface area (Å²) in [7, 11) is 0. The van der Waals surface area contributed by atoms with E-state index in [0.717, 1.165) is 0 Å². The quantitative estimate of drug-likeness (QED) is 0.858. The van der Waals surface area contributed by atoms with Crippen LogP contribution in [0, 0.1) is 0 Å². The molecule has 1 fully saturated rings. The largest absolute Gasteiger partial charge is 0.478 e. The van der Waals surface area contributed by atoms with Gasteiger partial charge in [0.05, 0.1) is 13.2 Å². The van der Waals surface area contributed by atoms with Gasteiger partial charge in [0.2, 0.25) is 5.88 Å². The Kier molecular flexibility index (Phi) is 5.42. The van der Waals surface area contributed by atoms with Crippen LogP contribution < -0.4 is 9.64 Å². The first-order valence-electron chi connectivity index (χ1n) is 6.61. The summed E-state index contributed by atoms with van der Waals surface area (Å²) in [5.41, 5.74) is -0.0418. The van der Waals surface area contributed by atoms with E-state index in [-0.39, 0.29) is 17.3 Å². The van der Waals surface area contributed by atoms with Crippen molar-refractivity contribution in [3.63, 3.8) is 0 Å². The lowest BCUT2D eigenvalue weighted by atomic mass is 10.2. The number of halogens is 3. The molecule has 2 heterocycles. The van der Waals surface area contributed by atoms with E-state index in [1.54, 1.807) is 4.90 Å². The van der Waals surface area contributed by atoms with E-state index in [2.05, 4.69) is 4.98 Å². The molecule has 1 aromatic rings. The second kappa shape index (κ2) is 7.30. The van der Waals surface area contributed by atoms with Gasteiger partial charge in [0.25, 0.3) is 6.43 Å². The number of nitrogens with zero attached hydrogens (tertiary/aromatic N) is 2. The van der Waals surface area contributed by atoms with Crippen molar-refractivity contribution in [1.29, 1.82) is 0 Å². The van der Waals surface area contributed by atoms with Gasteiger partial charge in [-0.1, -0.05) is 0 Å². The molecule has 0 aromatic carbocycles. The van der Waals surface area contributed by atoms with Crippen LogP contribution in [0.4, 0.5) is 19.0 Å². The lowest BCUT2D eigenvalue weighted by Gasteiger charge is -2.29. The molecule has 22 heavy (non-hydrogen) atoms. The molecule has 1 saturated heterocycles. The molecular formula is C13H15F3N2O4. The highest BCUT2D eigenvalue weighted by Crippen LogP contribution is 2.23. The highest BCUT2D eigenvalue weighted by atomic mass is 19.3. The summed E-state index contributed by atoms with van der Waals surface area (Å²) in [5.74, 6) is -1.12. The van der Waals surface area contributed by atoms with E-state index in [4.69, 9.17) is 9.47 Å². The van der Waals surface area contributed by atoms with E-state index in [1.165, 1.54) is 12.1 Å². The zero-order valence-corrected chi connectivity index (χ0v) is 11.5. The number of hydrogen-bond donors (Lipinski definition) is 1. The molecule has 1 aliphatic heterocycles. The van der Waals surface area contributed by atoms with E-state index >= 15 is 0 Å². The van der Waals surface area contributed by atoms with Crippen LogP contribution in [0.1, 0.15) is 10.4 Å². The van der Waals surface area contributed by atoms with E-state index in [9.17, 15) is 23.1 Å². The number of ether oxygens (including phenoxy) is 2. The Balaban J connectivity index is 2.17. The predicted molar refractivity (Wildman–Crippen MR) is 70.6 cm³/mol. The second-order valence-electron chi connectivity index (χ2n) is 4.59. The molecule has 122 valence electrons. The Morgan fingerprint density at radius 2 is 2.05 bits per heavy atom. The third-order valence-electron chi connectivity index (χ3n) is 3.05. The molecule has 0 saturated carbocycles. The average Bonchev–Trinajstić information content (AvgIpc) is 2.52. The number of alkyl halides is 3. The van der Waals surface area contributed by atoms with E-state index < -0.39 is 25.2 Å². The highest BCUT2D eigenvalue weighted by molar-refractivity contribution is 5.93. The van der Waals surface area contributed by atoms with Crippen LogP contribution in [0.3, 0.4) is 0 Å². The van der Waals surface area contributed by atoms with Crippen molar-refractivity contribution in [2.45, 2.75) is 12.6 Å². The van der Waals surface area contributed by atoms with Gasteiger partial charge in [-0.25, -0.2) is 18.0 Å². The minimum absolute atomic E-state index is 0.0418. The van der Waals surface area contributed by atoms with Gasteiger partial charge in [-0.2, -0.15) is 4.98 Å². The van der Waals surface area contributed by atoms with Crippen molar-refractivity contribution in [2.75, 3.05) is 37.8 Å². The van der Waals surface area contributed by atoms with Crippen molar-refractivity contribution in [3.8, 4) is 5.88 Å². The van der Waals surface area contributed by atoms with Crippen molar-refractivity contribution < 1.29 is 32.5 Å². The van der Waals surface area contributed by atoms with Crippen LogP contribution in [-0.4, -0.2) is 61.6 Å². The van der Waals surface area contributed by atoms with Crippen molar-refractivity contribution >= 4 is 11.8 Å². The van der Waals surface area contributed by atoms with E-state index in [0.29, 0.717) is 26.3 Å². The Bertz CT molecular complexity index is 524. The fourth-order valence-electron chi connectivity index (χ4n) is 1.93. The number of aromatic carboxylic acids is 1. The molecule has 1 unspecified atom stereocenters. The molecule has 1 N–H and O–H groups in total. The Labute approximate surface area is 124 Å². The van der Waals surface area contributed by atoms with Gasteiger partial charge in [0, 0.05) is 19.2 Å². The molecule has 6 nitrogen and oxygen atoms in total. The summed E-state index contributed by atoms with van der Waals surface area (Å²) < 4.78 is 47.1. The molecule has 0 spiro atoms. The Hall–Kier alpha value is -2.03. The Morgan fingerprint density at radius 3 is 2.64 bits per heavy atom. The molecule has 0 amide bonds. The first-order valence-corrected chi connectivity index (χ1v) is 6.61. The lowest BCUT2D eigenvalue weighted by molar-refractivity contribution is 0.0222. The average molecular weight is 320 g/mol. The fraction of sp³-hybridized carbons (Fsp3) is 0.538. The molecule has 1 aliphatic rings. The Morgan fingerprint density at radius 1 is 1.36 bits per heavy atom. The maximum Gasteiger partial charge on any atom is 0.339 e. The van der Waals surface area contributed by atoms with Crippen LogP contribution in [0.15, 0.2) is 12.1 Å². The summed E-state index contributed by atoms with van der Waals surface area (Å²) in [6.45, 7) is 0.881. The van der Waals surface area contributed by atoms with E-state index in [1.807, 2.05) is 0 Å². The number of pyridine rings is 1. The molecule has 1 atom stereocenters. The molecule has 0 radical (unpaired) electrons. The highest BCUT2D eigenvalue weighted by Gasteiger charge is 2.23. The normalized spacial score (nSPS) is 16.6. The molecule has 2 rings (SSSR count). The van der Waals surface area contributed by atoms with Crippen LogP contribution in [0.25, 0.3) is 0 Å². The van der Waals surface area contributed by atoms with Crippen molar-refractivity contribution in [2.24, 2.45) is 0 Å². The molecule has 0 bridgehead atoms. The lowest BCUT2D eigenvalue weighted by Crippen LogP contribution is -2.37. The molecule has 0 aliphatic carbocycles. The van der Waals surface area contributed by atoms with Gasteiger partial charge >= 0.3 is 5.97 Å². The number of aromatic nitrogens is 1. The zero-order chi connectivity index (χ0) is 16.1. The number of anilines is 1. The first-order chi connectivity index (χ1) is 10.5. The molecule has 1 aromatic heterocycles. The minimum atomic E-state index is -3.14. The van der Waals surface area contributed by atoms with Crippen LogP contribution >= 0.6 is 0 Å². The zero-order valence-electron chi connectivity index (χ0n) is 11.5. The second-order valence-corrected chi connectivity index (χ2v) is 4.59. The summed E-state index contributed by atoms with van der Waals surface area (Å²) in [4.78, 5) is 16.9. The first kappa shape index (κ1) is 16.3. The van der Waals surface area contributed by atoms with Crippen LogP contribution in [-0.2, 0) is 4.74 Å². The van der Waals surface area contributed by atoms with Gasteiger partial charge in [-0.15, -0.1) is 0 Å². The topological polar surface area (TPSA) is 71.9 Å². The summed E-state index contributed by atoms with van der Waals surface area (Å²) in [6.07, 6.45) is -5.57. The van der Waals surface area contributed by atoms with Gasteiger partial charge in [0.15, 0.2) is 6.17 Å². The van der Waals surface area contributed by atoms with Gasteiger partial charge in [-0.05, 0) is 6.07 Å². The maximum absolute atomic E-state index is 12.9.